The van der Waals surface area contributed by atoms with Crippen LogP contribution in [-0.2, 0) is 0 Å². The van der Waals surface area contributed by atoms with Gasteiger partial charge in [0.05, 0.1) is 6.10 Å². The lowest BCUT2D eigenvalue weighted by Gasteiger charge is -2.11. The van der Waals surface area contributed by atoms with Crippen LogP contribution in [-0.4, -0.2) is 11.2 Å². The standard InChI is InChI=1S/C8H14O/c9-8-3-1-2-7(8)6-4-5-6/h6-9H,1-5H2/t7-,8+/m0/s1. The minimum Gasteiger partial charge on any atom is -0.393 e. The predicted molar refractivity (Wildman–Crippen MR) is 36.1 cm³/mol. The van der Waals surface area contributed by atoms with Gasteiger partial charge in [0.15, 0.2) is 0 Å². The van der Waals surface area contributed by atoms with Crippen LogP contribution in [0, 0.1) is 11.8 Å². The van der Waals surface area contributed by atoms with E-state index in [1.807, 2.05) is 0 Å². The van der Waals surface area contributed by atoms with Crippen LogP contribution in [0.25, 0.3) is 0 Å². The number of hydrogen-bond donors (Lipinski definition) is 1. The Bertz CT molecular complexity index is 107. The summed E-state index contributed by atoms with van der Waals surface area (Å²) in [4.78, 5) is 0. The Hall–Kier alpha value is -0.0400. The summed E-state index contributed by atoms with van der Waals surface area (Å²) >= 11 is 0. The van der Waals surface area contributed by atoms with Crippen LogP contribution in [0.4, 0.5) is 0 Å². The van der Waals surface area contributed by atoms with Gasteiger partial charge < -0.3 is 5.11 Å². The Labute approximate surface area is 56.1 Å². The molecule has 0 spiro atoms. The highest BCUT2D eigenvalue weighted by Gasteiger charge is 2.38. The molecule has 0 heterocycles. The maximum atomic E-state index is 9.40. The van der Waals surface area contributed by atoms with Gasteiger partial charge >= 0.3 is 0 Å². The van der Waals surface area contributed by atoms with Crippen molar-refractivity contribution in [3.63, 3.8) is 0 Å². The zero-order valence-electron chi connectivity index (χ0n) is 5.71. The van der Waals surface area contributed by atoms with E-state index in [1.165, 1.54) is 25.7 Å². The molecule has 2 fully saturated rings. The second-order valence-corrected chi connectivity index (χ2v) is 3.50. The highest BCUT2D eigenvalue weighted by Crippen LogP contribution is 2.44. The molecular weight excluding hydrogens is 112 g/mol. The molecule has 1 nitrogen and oxygen atoms in total. The Morgan fingerprint density at radius 1 is 1.00 bits per heavy atom. The lowest BCUT2D eigenvalue weighted by molar-refractivity contribution is 0.121. The third kappa shape index (κ3) is 0.983. The average Bonchev–Trinajstić information content (AvgIpc) is 2.58. The van der Waals surface area contributed by atoms with Gasteiger partial charge in [-0.2, -0.15) is 0 Å². The van der Waals surface area contributed by atoms with E-state index in [0.29, 0.717) is 5.92 Å². The maximum absolute atomic E-state index is 9.40. The summed E-state index contributed by atoms with van der Waals surface area (Å²) in [5.41, 5.74) is 0. The molecule has 0 aliphatic heterocycles. The molecule has 0 aromatic carbocycles. The minimum absolute atomic E-state index is 0.0671. The second kappa shape index (κ2) is 1.98. The number of hydrogen-bond acceptors (Lipinski definition) is 1. The van der Waals surface area contributed by atoms with Gasteiger partial charge in [-0.1, -0.05) is 6.42 Å². The van der Waals surface area contributed by atoms with E-state index in [9.17, 15) is 5.11 Å². The molecule has 0 amide bonds. The van der Waals surface area contributed by atoms with Crippen molar-refractivity contribution in [2.24, 2.45) is 11.8 Å². The second-order valence-electron chi connectivity index (χ2n) is 3.50. The zero-order valence-corrected chi connectivity index (χ0v) is 5.71. The largest absolute Gasteiger partial charge is 0.393 e. The molecule has 2 aliphatic carbocycles. The predicted octanol–water partition coefficient (Wildman–Crippen LogP) is 1.56. The molecule has 1 N–H and O–H groups in total. The van der Waals surface area contributed by atoms with E-state index < -0.39 is 0 Å². The zero-order chi connectivity index (χ0) is 6.27. The molecule has 52 valence electrons. The lowest BCUT2D eigenvalue weighted by atomic mass is 10.0. The fraction of sp³-hybridized carbons (Fsp3) is 1.00. The third-order valence-electron chi connectivity index (χ3n) is 2.76. The van der Waals surface area contributed by atoms with Crippen molar-refractivity contribution >= 4 is 0 Å². The monoisotopic (exact) mass is 126 g/mol. The maximum Gasteiger partial charge on any atom is 0.0571 e. The van der Waals surface area contributed by atoms with Crippen molar-refractivity contribution < 1.29 is 5.11 Å². The van der Waals surface area contributed by atoms with E-state index in [4.69, 9.17) is 0 Å². The smallest absolute Gasteiger partial charge is 0.0571 e. The van der Waals surface area contributed by atoms with E-state index in [0.717, 1.165) is 12.3 Å². The van der Waals surface area contributed by atoms with Crippen LogP contribution in [0.3, 0.4) is 0 Å². The molecular formula is C8H14O. The molecule has 2 aliphatic rings. The van der Waals surface area contributed by atoms with Gasteiger partial charge in [0, 0.05) is 0 Å². The van der Waals surface area contributed by atoms with Crippen LogP contribution in [0.2, 0.25) is 0 Å². The summed E-state index contributed by atoms with van der Waals surface area (Å²) in [6, 6.07) is 0. The van der Waals surface area contributed by atoms with Crippen molar-refractivity contribution in [3.8, 4) is 0 Å². The fourth-order valence-corrected chi connectivity index (χ4v) is 2.04. The molecule has 2 saturated carbocycles. The summed E-state index contributed by atoms with van der Waals surface area (Å²) in [6.45, 7) is 0. The van der Waals surface area contributed by atoms with Crippen LogP contribution in [0.1, 0.15) is 32.1 Å². The Morgan fingerprint density at radius 3 is 2.22 bits per heavy atom. The number of aliphatic hydroxyl groups is 1. The minimum atomic E-state index is 0.0671. The fourth-order valence-electron chi connectivity index (χ4n) is 2.04. The van der Waals surface area contributed by atoms with E-state index in [1.54, 1.807) is 0 Å². The highest BCUT2D eigenvalue weighted by molar-refractivity contribution is 4.89. The van der Waals surface area contributed by atoms with Crippen LogP contribution in [0.5, 0.6) is 0 Å². The molecule has 9 heavy (non-hydrogen) atoms. The molecule has 0 radical (unpaired) electrons. The quantitative estimate of drug-likeness (QED) is 0.565. The molecule has 0 aromatic heterocycles. The summed E-state index contributed by atoms with van der Waals surface area (Å²) < 4.78 is 0. The first-order chi connectivity index (χ1) is 4.38. The summed E-state index contributed by atoms with van der Waals surface area (Å²) in [7, 11) is 0. The van der Waals surface area contributed by atoms with Gasteiger partial charge in [-0.3, -0.25) is 0 Å². The number of aliphatic hydroxyl groups excluding tert-OH is 1. The molecule has 0 bridgehead atoms. The normalized spacial score (nSPS) is 43.7. The molecule has 0 saturated heterocycles. The van der Waals surface area contributed by atoms with Crippen molar-refractivity contribution in [3.05, 3.63) is 0 Å². The Balaban J connectivity index is 1.93. The molecule has 1 heteroatoms. The Morgan fingerprint density at radius 2 is 1.78 bits per heavy atom. The summed E-state index contributed by atoms with van der Waals surface area (Å²) in [5.74, 6) is 1.62. The lowest BCUT2D eigenvalue weighted by Crippen LogP contribution is -2.14. The molecule has 2 atom stereocenters. The topological polar surface area (TPSA) is 20.2 Å². The number of rotatable bonds is 1. The SMILES string of the molecule is O[C@@H]1CCC[C@H]1C1CC1. The van der Waals surface area contributed by atoms with Gasteiger partial charge in [0.1, 0.15) is 0 Å². The van der Waals surface area contributed by atoms with Crippen molar-refractivity contribution in [1.82, 2.24) is 0 Å². The Kier molecular flexibility index (Phi) is 1.26. The van der Waals surface area contributed by atoms with Gasteiger partial charge in [-0.05, 0) is 37.5 Å². The first-order valence-corrected chi connectivity index (χ1v) is 4.06. The van der Waals surface area contributed by atoms with E-state index in [-0.39, 0.29) is 6.10 Å². The van der Waals surface area contributed by atoms with Crippen LogP contribution in [0.15, 0.2) is 0 Å². The summed E-state index contributed by atoms with van der Waals surface area (Å²) in [6.07, 6.45) is 6.48. The van der Waals surface area contributed by atoms with Gasteiger partial charge in [-0.25, -0.2) is 0 Å². The molecule has 0 unspecified atom stereocenters. The van der Waals surface area contributed by atoms with Crippen molar-refractivity contribution in [2.75, 3.05) is 0 Å². The highest BCUT2D eigenvalue weighted by atomic mass is 16.3. The first-order valence-electron chi connectivity index (χ1n) is 4.06. The molecule has 2 rings (SSSR count). The van der Waals surface area contributed by atoms with Gasteiger partial charge in [-0.15, -0.1) is 0 Å². The van der Waals surface area contributed by atoms with E-state index in [2.05, 4.69) is 0 Å². The van der Waals surface area contributed by atoms with E-state index >= 15 is 0 Å². The van der Waals surface area contributed by atoms with Crippen LogP contribution < -0.4 is 0 Å². The summed E-state index contributed by atoms with van der Waals surface area (Å²) in [5, 5.41) is 9.40. The first kappa shape index (κ1) is 5.72. The van der Waals surface area contributed by atoms with Crippen LogP contribution >= 0.6 is 0 Å². The molecule has 0 aromatic rings. The van der Waals surface area contributed by atoms with Crippen molar-refractivity contribution in [2.45, 2.75) is 38.2 Å². The average molecular weight is 126 g/mol. The third-order valence-corrected chi connectivity index (χ3v) is 2.76. The van der Waals surface area contributed by atoms with Gasteiger partial charge in [0.2, 0.25) is 0 Å². The van der Waals surface area contributed by atoms with Crippen molar-refractivity contribution in [1.29, 1.82) is 0 Å². The van der Waals surface area contributed by atoms with Gasteiger partial charge in [0.25, 0.3) is 0 Å².